The molecular formula is C28H37N3O5S. The van der Waals surface area contributed by atoms with Gasteiger partial charge in [0, 0.05) is 11.3 Å². The maximum Gasteiger partial charge on any atom is 0.258 e. The van der Waals surface area contributed by atoms with Gasteiger partial charge in [-0.3, -0.25) is 14.4 Å². The quantitative estimate of drug-likeness (QED) is 0.463. The molecule has 37 heavy (non-hydrogen) atoms. The van der Waals surface area contributed by atoms with Gasteiger partial charge in [-0.1, -0.05) is 42.5 Å². The maximum absolute atomic E-state index is 13.4. The lowest BCUT2D eigenvalue weighted by Gasteiger charge is -2.31. The summed E-state index contributed by atoms with van der Waals surface area (Å²) >= 11 is 1.45. The highest BCUT2D eigenvalue weighted by molar-refractivity contribution is 7.99. The number of amides is 3. The lowest BCUT2D eigenvalue weighted by molar-refractivity contribution is -0.147. The number of aliphatic hydroxyl groups excluding tert-OH is 1. The second-order valence-electron chi connectivity index (χ2n) is 10.4. The van der Waals surface area contributed by atoms with E-state index in [0.717, 1.165) is 16.7 Å². The summed E-state index contributed by atoms with van der Waals surface area (Å²) in [6, 6.07) is 13.4. The number of carbonyl (C=O) groups is 3. The van der Waals surface area contributed by atoms with Crippen LogP contribution in [-0.2, 0) is 20.8 Å². The van der Waals surface area contributed by atoms with Crippen molar-refractivity contribution in [3.63, 3.8) is 0 Å². The summed E-state index contributed by atoms with van der Waals surface area (Å²) in [5, 5.41) is 16.9. The predicted octanol–water partition coefficient (Wildman–Crippen LogP) is 2.59. The van der Waals surface area contributed by atoms with Crippen molar-refractivity contribution >= 4 is 29.5 Å². The van der Waals surface area contributed by atoms with Crippen LogP contribution in [0.15, 0.2) is 48.5 Å². The highest BCUT2D eigenvalue weighted by Gasteiger charge is 2.40. The molecule has 1 heterocycles. The summed E-state index contributed by atoms with van der Waals surface area (Å²) < 4.78 is 5.72. The summed E-state index contributed by atoms with van der Waals surface area (Å²) in [4.78, 5) is 40.5. The van der Waals surface area contributed by atoms with Crippen molar-refractivity contribution in [3.05, 3.63) is 65.2 Å². The van der Waals surface area contributed by atoms with Gasteiger partial charge in [0.2, 0.25) is 5.91 Å². The number of nitrogens with zero attached hydrogens (tertiary/aromatic N) is 1. The molecule has 3 rings (SSSR count). The van der Waals surface area contributed by atoms with E-state index in [-0.39, 0.29) is 18.9 Å². The van der Waals surface area contributed by atoms with Crippen molar-refractivity contribution in [1.29, 1.82) is 0 Å². The number of nitrogens with one attached hydrogen (secondary N) is 2. The monoisotopic (exact) mass is 527 g/mol. The Morgan fingerprint density at radius 3 is 2.49 bits per heavy atom. The molecule has 3 amide bonds. The standard InChI is InChI=1S/C28H37N3O5S/c1-18-10-9-13-23(19(18)2)36-15-24(32)29-21(14-20-11-7-6-8-12-20)25(33)27(35)31-17-37-16-22(31)26(34)30-28(3,4)5/h6-13,21-22,25,33H,14-17H2,1-5H3,(H,29,32)(H,30,34)/t21-,22-,25-/m0/s1. The number of hydrogen-bond donors (Lipinski definition) is 3. The molecule has 2 aromatic carbocycles. The van der Waals surface area contributed by atoms with E-state index in [2.05, 4.69) is 10.6 Å². The summed E-state index contributed by atoms with van der Waals surface area (Å²) in [5.74, 6) is 0.0404. The number of aliphatic hydroxyl groups is 1. The van der Waals surface area contributed by atoms with E-state index in [1.165, 1.54) is 16.7 Å². The molecule has 0 radical (unpaired) electrons. The van der Waals surface area contributed by atoms with Crippen LogP contribution in [0.3, 0.4) is 0 Å². The molecule has 9 heteroatoms. The summed E-state index contributed by atoms with van der Waals surface area (Å²) in [6.07, 6.45) is -1.29. The minimum Gasteiger partial charge on any atom is -0.483 e. The Morgan fingerprint density at radius 1 is 1.11 bits per heavy atom. The van der Waals surface area contributed by atoms with Crippen molar-refractivity contribution in [2.24, 2.45) is 0 Å². The number of thioether (sulfide) groups is 1. The molecule has 1 saturated heterocycles. The summed E-state index contributed by atoms with van der Waals surface area (Å²) in [7, 11) is 0. The van der Waals surface area contributed by atoms with Crippen LogP contribution < -0.4 is 15.4 Å². The number of rotatable bonds is 9. The van der Waals surface area contributed by atoms with Crippen molar-refractivity contribution in [2.75, 3.05) is 18.2 Å². The van der Waals surface area contributed by atoms with Crippen molar-refractivity contribution in [2.45, 2.75) is 64.8 Å². The number of benzene rings is 2. The molecule has 0 spiro atoms. The van der Waals surface area contributed by atoms with Gasteiger partial charge in [-0.15, -0.1) is 11.8 Å². The van der Waals surface area contributed by atoms with Gasteiger partial charge in [-0.2, -0.15) is 0 Å². The molecule has 2 aromatic rings. The SMILES string of the molecule is Cc1cccc(OCC(=O)N[C@@H](Cc2ccccc2)[C@H](O)C(=O)N2CSC[C@H]2C(=O)NC(C)(C)C)c1C. The van der Waals surface area contributed by atoms with E-state index >= 15 is 0 Å². The van der Waals surface area contributed by atoms with Gasteiger partial charge in [-0.05, 0) is 63.8 Å². The number of hydrogen-bond acceptors (Lipinski definition) is 6. The zero-order chi connectivity index (χ0) is 27.2. The van der Waals surface area contributed by atoms with Crippen molar-refractivity contribution in [3.8, 4) is 5.75 Å². The highest BCUT2D eigenvalue weighted by atomic mass is 32.2. The van der Waals surface area contributed by atoms with Gasteiger partial charge >= 0.3 is 0 Å². The Kier molecular flexibility index (Phi) is 9.62. The number of ether oxygens (including phenoxy) is 1. The molecule has 0 aromatic heterocycles. The van der Waals surface area contributed by atoms with Crippen molar-refractivity contribution in [1.82, 2.24) is 15.5 Å². The van der Waals surface area contributed by atoms with E-state index in [1.54, 1.807) is 6.07 Å². The predicted molar refractivity (Wildman–Crippen MR) is 145 cm³/mol. The fourth-order valence-electron chi connectivity index (χ4n) is 4.05. The molecular weight excluding hydrogens is 490 g/mol. The van der Waals surface area contributed by atoms with Crippen molar-refractivity contribution < 1.29 is 24.2 Å². The minimum absolute atomic E-state index is 0.239. The van der Waals surface area contributed by atoms with E-state index in [0.29, 0.717) is 17.4 Å². The Labute approximate surface area is 223 Å². The third-order valence-corrected chi connectivity index (χ3v) is 7.17. The third kappa shape index (κ3) is 7.97. The van der Waals surface area contributed by atoms with Gasteiger partial charge < -0.3 is 25.4 Å². The van der Waals surface area contributed by atoms with E-state index in [9.17, 15) is 19.5 Å². The fraction of sp³-hybridized carbons (Fsp3) is 0.464. The average molecular weight is 528 g/mol. The third-order valence-electron chi connectivity index (χ3n) is 6.16. The lowest BCUT2D eigenvalue weighted by atomic mass is 9.99. The van der Waals surface area contributed by atoms with Gasteiger partial charge in [0.15, 0.2) is 12.7 Å². The summed E-state index contributed by atoms with van der Waals surface area (Å²) in [6.45, 7) is 9.25. The van der Waals surface area contributed by atoms with Gasteiger partial charge in [0.1, 0.15) is 11.8 Å². The zero-order valence-corrected chi connectivity index (χ0v) is 22.9. The first-order valence-electron chi connectivity index (χ1n) is 12.4. The molecule has 1 aliphatic heterocycles. The largest absolute Gasteiger partial charge is 0.483 e. The first kappa shape index (κ1) is 28.5. The Bertz CT molecular complexity index is 1100. The normalized spacial score (nSPS) is 17.1. The maximum atomic E-state index is 13.4. The van der Waals surface area contributed by atoms with Crippen LogP contribution in [-0.4, -0.2) is 69.7 Å². The molecule has 1 aliphatic rings. The molecule has 0 unspecified atom stereocenters. The molecule has 8 nitrogen and oxygen atoms in total. The van der Waals surface area contributed by atoms with Gasteiger partial charge in [-0.25, -0.2) is 0 Å². The zero-order valence-electron chi connectivity index (χ0n) is 22.1. The second kappa shape index (κ2) is 12.5. The molecule has 3 N–H and O–H groups in total. The molecule has 1 fully saturated rings. The second-order valence-corrected chi connectivity index (χ2v) is 11.4. The first-order valence-corrected chi connectivity index (χ1v) is 13.5. The van der Waals surface area contributed by atoms with Crippen LogP contribution in [0.1, 0.15) is 37.5 Å². The van der Waals surface area contributed by atoms with E-state index in [1.807, 2.05) is 77.1 Å². The molecule has 3 atom stereocenters. The Hall–Kier alpha value is -3.04. The van der Waals surface area contributed by atoms with Crippen LogP contribution in [0.4, 0.5) is 0 Å². The molecule has 0 saturated carbocycles. The van der Waals surface area contributed by atoms with Gasteiger partial charge in [0.25, 0.3) is 11.8 Å². The van der Waals surface area contributed by atoms with Crippen LogP contribution in [0.5, 0.6) is 5.75 Å². The average Bonchev–Trinajstić information content (AvgIpc) is 3.33. The van der Waals surface area contributed by atoms with E-state index < -0.39 is 35.5 Å². The number of carbonyl (C=O) groups excluding carboxylic acids is 3. The van der Waals surface area contributed by atoms with Crippen LogP contribution in [0, 0.1) is 13.8 Å². The fourth-order valence-corrected chi connectivity index (χ4v) is 5.22. The number of aryl methyl sites for hydroxylation is 1. The topological polar surface area (TPSA) is 108 Å². The van der Waals surface area contributed by atoms with Crippen LogP contribution in [0.2, 0.25) is 0 Å². The van der Waals surface area contributed by atoms with Crippen LogP contribution in [0.25, 0.3) is 0 Å². The summed E-state index contributed by atoms with van der Waals surface area (Å²) in [5.41, 5.74) is 2.40. The van der Waals surface area contributed by atoms with Crippen LogP contribution >= 0.6 is 11.8 Å². The lowest BCUT2D eigenvalue weighted by Crippen LogP contribution is -2.58. The minimum atomic E-state index is -1.53. The molecule has 0 bridgehead atoms. The Morgan fingerprint density at radius 2 is 1.81 bits per heavy atom. The van der Waals surface area contributed by atoms with Gasteiger partial charge in [0.05, 0.1) is 11.9 Å². The van der Waals surface area contributed by atoms with E-state index in [4.69, 9.17) is 4.74 Å². The highest BCUT2D eigenvalue weighted by Crippen LogP contribution is 2.24. The first-order chi connectivity index (χ1) is 17.5. The molecule has 0 aliphatic carbocycles. The Balaban J connectivity index is 1.73. The molecule has 200 valence electrons. The smallest absolute Gasteiger partial charge is 0.258 e.